The maximum Gasteiger partial charge on any atom is 0.260 e. The van der Waals surface area contributed by atoms with E-state index in [1.54, 1.807) is 12.1 Å². The van der Waals surface area contributed by atoms with Crippen LogP contribution in [0.2, 0.25) is 0 Å². The fourth-order valence-electron chi connectivity index (χ4n) is 3.64. The van der Waals surface area contributed by atoms with Crippen LogP contribution in [0.3, 0.4) is 0 Å². The third kappa shape index (κ3) is 3.96. The number of benzene rings is 1. The highest BCUT2D eigenvalue weighted by atomic mass is 16.5. The van der Waals surface area contributed by atoms with Crippen LogP contribution in [-0.4, -0.2) is 61.3 Å². The second-order valence-electron chi connectivity index (χ2n) is 7.32. The van der Waals surface area contributed by atoms with Crippen LogP contribution in [0.5, 0.6) is 11.5 Å². The van der Waals surface area contributed by atoms with Crippen LogP contribution >= 0.6 is 0 Å². The van der Waals surface area contributed by atoms with E-state index in [1.807, 2.05) is 30.2 Å². The Balaban J connectivity index is 1.56. The average Bonchev–Trinajstić information content (AvgIpc) is 3.28. The van der Waals surface area contributed by atoms with Gasteiger partial charge in [0.2, 0.25) is 0 Å². The number of carbonyl (C=O) groups is 2. The van der Waals surface area contributed by atoms with Crippen molar-refractivity contribution in [2.75, 3.05) is 13.2 Å². The second-order valence-corrected chi connectivity index (χ2v) is 7.32. The fraction of sp³-hybridized carbons (Fsp3) is 0.333. The summed E-state index contributed by atoms with van der Waals surface area (Å²) in [5.74, 6) is 0.123. The Morgan fingerprint density at radius 2 is 2.23 bits per heavy atom. The highest BCUT2D eigenvalue weighted by Gasteiger charge is 2.34. The molecule has 1 amide bonds. The number of rotatable bonds is 7. The van der Waals surface area contributed by atoms with Gasteiger partial charge in [-0.25, -0.2) is 0 Å². The number of ketones is 1. The zero-order chi connectivity index (χ0) is 22.0. The third-order valence-corrected chi connectivity index (χ3v) is 5.19. The lowest BCUT2D eigenvalue weighted by molar-refractivity contribution is -0.120. The van der Waals surface area contributed by atoms with Crippen molar-refractivity contribution in [2.45, 2.75) is 32.6 Å². The average molecular weight is 422 g/mol. The molecule has 0 spiro atoms. The Labute approximate surface area is 178 Å². The number of nitrogens with zero attached hydrogens (tertiary/aromatic N) is 5. The van der Waals surface area contributed by atoms with Gasteiger partial charge in [-0.1, -0.05) is 24.6 Å². The number of H-pyrrole nitrogens is 1. The number of carbonyl (C=O) groups excluding carboxylic acids is 2. The number of tetrazole rings is 1. The Kier molecular flexibility index (Phi) is 5.61. The van der Waals surface area contributed by atoms with Crippen LogP contribution in [0.15, 0.2) is 41.1 Å². The normalized spacial score (nSPS) is 17.8. The van der Waals surface area contributed by atoms with E-state index in [4.69, 9.17) is 4.74 Å². The van der Waals surface area contributed by atoms with Gasteiger partial charge in [0.25, 0.3) is 5.91 Å². The number of phenolic OH excluding ortho intramolecular Hbond substituents is 1. The van der Waals surface area contributed by atoms with Gasteiger partial charge in [0, 0.05) is 23.9 Å². The lowest BCUT2D eigenvalue weighted by atomic mass is 10.0. The topological polar surface area (TPSA) is 134 Å². The Bertz CT molecular complexity index is 1100. The van der Waals surface area contributed by atoms with Crippen LogP contribution in [0.4, 0.5) is 0 Å². The number of phenols is 1. The number of aromatic nitrogens is 4. The summed E-state index contributed by atoms with van der Waals surface area (Å²) in [5.41, 5.74) is 1.59. The molecular formula is C21H22N6O4. The van der Waals surface area contributed by atoms with E-state index in [1.165, 1.54) is 6.92 Å². The van der Waals surface area contributed by atoms with Crippen molar-refractivity contribution >= 4 is 17.5 Å². The van der Waals surface area contributed by atoms with Crippen LogP contribution in [0.25, 0.3) is 0 Å². The van der Waals surface area contributed by atoms with Crippen LogP contribution in [-0.2, 0) is 11.2 Å². The molecule has 1 atom stereocenters. The van der Waals surface area contributed by atoms with Crippen molar-refractivity contribution in [2.24, 2.45) is 4.99 Å². The lowest BCUT2D eigenvalue weighted by Crippen LogP contribution is -2.41. The van der Waals surface area contributed by atoms with Gasteiger partial charge in [-0.15, -0.1) is 10.2 Å². The molecule has 2 aliphatic rings. The van der Waals surface area contributed by atoms with E-state index in [-0.39, 0.29) is 29.6 Å². The van der Waals surface area contributed by atoms with Crippen LogP contribution in [0.1, 0.15) is 47.9 Å². The molecule has 1 aromatic carbocycles. The van der Waals surface area contributed by atoms with E-state index >= 15 is 0 Å². The molecule has 1 aromatic heterocycles. The van der Waals surface area contributed by atoms with Crippen molar-refractivity contribution in [3.8, 4) is 11.5 Å². The molecule has 3 heterocycles. The van der Waals surface area contributed by atoms with Gasteiger partial charge in [-0.3, -0.25) is 9.59 Å². The summed E-state index contributed by atoms with van der Waals surface area (Å²) in [7, 11) is 0. The first-order valence-corrected chi connectivity index (χ1v) is 9.98. The molecule has 0 aliphatic carbocycles. The number of amidine groups is 1. The first-order valence-electron chi connectivity index (χ1n) is 9.98. The Morgan fingerprint density at radius 3 is 2.94 bits per heavy atom. The van der Waals surface area contributed by atoms with E-state index in [0.717, 1.165) is 12.0 Å². The fourth-order valence-corrected chi connectivity index (χ4v) is 3.64. The molecule has 10 heteroatoms. The molecule has 10 nitrogen and oxygen atoms in total. The maximum absolute atomic E-state index is 12.6. The number of Topliss-reactive ketones (excluding diaryl/α,β-unsaturated/α-hetero) is 1. The largest absolute Gasteiger partial charge is 0.507 e. The summed E-state index contributed by atoms with van der Waals surface area (Å²) in [6, 6.07) is 3.25. The number of nitrogens with one attached hydrogen (secondary N) is 1. The first-order chi connectivity index (χ1) is 15.0. The minimum absolute atomic E-state index is 0.0425. The minimum atomic E-state index is -0.598. The van der Waals surface area contributed by atoms with Gasteiger partial charge in [0.05, 0.1) is 5.56 Å². The molecule has 160 valence electrons. The summed E-state index contributed by atoms with van der Waals surface area (Å²) in [5, 5.41) is 24.2. The number of aliphatic imine (C=N–C) groups is 1. The van der Waals surface area contributed by atoms with E-state index in [9.17, 15) is 14.7 Å². The van der Waals surface area contributed by atoms with Gasteiger partial charge in [0.1, 0.15) is 29.9 Å². The molecule has 2 N–H and O–H groups in total. The van der Waals surface area contributed by atoms with Crippen molar-refractivity contribution in [3.05, 3.63) is 53.0 Å². The molecule has 31 heavy (non-hydrogen) atoms. The van der Waals surface area contributed by atoms with Gasteiger partial charge < -0.3 is 14.7 Å². The zero-order valence-corrected chi connectivity index (χ0v) is 17.2. The van der Waals surface area contributed by atoms with Gasteiger partial charge in [0.15, 0.2) is 11.6 Å². The van der Waals surface area contributed by atoms with Crippen molar-refractivity contribution in [3.63, 3.8) is 0 Å². The third-order valence-electron chi connectivity index (χ3n) is 5.19. The molecule has 0 radical (unpaired) electrons. The summed E-state index contributed by atoms with van der Waals surface area (Å²) in [4.78, 5) is 30.4. The van der Waals surface area contributed by atoms with Gasteiger partial charge in [-0.2, -0.15) is 10.2 Å². The molecule has 1 unspecified atom stereocenters. The van der Waals surface area contributed by atoms with Crippen molar-refractivity contribution in [1.82, 2.24) is 25.5 Å². The van der Waals surface area contributed by atoms with E-state index in [0.29, 0.717) is 35.9 Å². The molecule has 2 aliphatic heterocycles. The molecule has 0 bridgehead atoms. The minimum Gasteiger partial charge on any atom is -0.507 e. The standard InChI is InChI=1S/C21H22N6O4/c1-3-5-15-17(8-7-14(12(2)28)18(15)29)31-11-13-6-4-9-27-10-16(19-23-25-26-24-19)21(30)22-20(13)27/h4,6-9,16,29H,3,5,10-11H2,1-2H3,(H,23,24,25,26). The van der Waals surface area contributed by atoms with E-state index in [2.05, 4.69) is 25.6 Å². The van der Waals surface area contributed by atoms with Crippen molar-refractivity contribution < 1.29 is 19.4 Å². The van der Waals surface area contributed by atoms with Gasteiger partial charge >= 0.3 is 0 Å². The Hall–Kier alpha value is -3.82. The smallest absolute Gasteiger partial charge is 0.260 e. The zero-order valence-electron chi connectivity index (χ0n) is 17.2. The first kappa shape index (κ1) is 20.5. The molecule has 4 rings (SSSR count). The predicted octanol–water partition coefficient (Wildman–Crippen LogP) is 1.92. The van der Waals surface area contributed by atoms with E-state index < -0.39 is 5.92 Å². The summed E-state index contributed by atoms with van der Waals surface area (Å²) >= 11 is 0. The molecule has 0 fully saturated rings. The summed E-state index contributed by atoms with van der Waals surface area (Å²) < 4.78 is 6.00. The second kappa shape index (κ2) is 8.50. The highest BCUT2D eigenvalue weighted by molar-refractivity contribution is 6.09. The number of aromatic hydroxyl groups is 1. The van der Waals surface area contributed by atoms with Gasteiger partial charge in [-0.05, 0) is 31.6 Å². The van der Waals surface area contributed by atoms with Crippen LogP contribution in [0, 0.1) is 0 Å². The number of ether oxygens (including phenoxy) is 1. The summed E-state index contributed by atoms with van der Waals surface area (Å²) in [6.07, 6.45) is 6.87. The number of aromatic amines is 1. The van der Waals surface area contributed by atoms with Crippen molar-refractivity contribution in [1.29, 1.82) is 0 Å². The maximum atomic E-state index is 12.6. The Morgan fingerprint density at radius 1 is 1.39 bits per heavy atom. The predicted molar refractivity (Wildman–Crippen MR) is 111 cm³/mol. The molecular weight excluding hydrogens is 400 g/mol. The molecule has 2 aromatic rings. The number of amides is 1. The number of hydrogen-bond donors (Lipinski definition) is 2. The lowest BCUT2D eigenvalue weighted by Gasteiger charge is -2.32. The SMILES string of the molecule is CCCc1c(OCC2=CC=CN3CC(c4nn[nH]n4)C(=O)N=C23)ccc(C(C)=O)c1O. The molecule has 0 saturated carbocycles. The van der Waals surface area contributed by atoms with Crippen LogP contribution < -0.4 is 4.74 Å². The monoisotopic (exact) mass is 422 g/mol. The number of fused-ring (bicyclic) bond motifs is 1. The quantitative estimate of drug-likeness (QED) is 0.647. The number of hydrogen-bond acceptors (Lipinski definition) is 8. The highest BCUT2D eigenvalue weighted by Crippen LogP contribution is 2.33. The number of allylic oxidation sites excluding steroid dienone is 2. The molecule has 0 saturated heterocycles. The summed E-state index contributed by atoms with van der Waals surface area (Å²) in [6.45, 7) is 3.90.